The van der Waals surface area contributed by atoms with Crippen LogP contribution in [0.5, 0.6) is 0 Å². The second-order valence-electron chi connectivity index (χ2n) is 10.1. The largest absolute Gasteiger partial charge is 0.213 e. The van der Waals surface area contributed by atoms with Crippen LogP contribution in [-0.2, 0) is 7.05 Å². The molecule has 0 spiro atoms. The molecule has 0 amide bonds. The average molecular weight is 411 g/mol. The first-order valence-electron chi connectivity index (χ1n) is 12.3. The Hall–Kier alpha value is -2.41. The minimum atomic E-state index is 0.742. The Bertz CT molecular complexity index is 1030. The summed E-state index contributed by atoms with van der Waals surface area (Å²) in [6, 6.07) is 22.8. The molecule has 3 aromatic rings. The molecule has 0 N–H and O–H groups in total. The van der Waals surface area contributed by atoms with Gasteiger partial charge in [0.25, 0.3) is 0 Å². The molecule has 1 heteroatoms. The minimum Gasteiger partial charge on any atom is -0.201 e. The summed E-state index contributed by atoms with van der Waals surface area (Å²) in [5, 5.41) is 0. The molecule has 160 valence electrons. The topological polar surface area (TPSA) is 3.88 Å². The average Bonchev–Trinajstić information content (AvgIpc) is 2.73. The van der Waals surface area contributed by atoms with Gasteiger partial charge in [0.05, 0.1) is 0 Å². The summed E-state index contributed by atoms with van der Waals surface area (Å²) in [6.45, 7) is 2.20. The van der Waals surface area contributed by atoms with E-state index in [1.807, 2.05) is 0 Å². The van der Waals surface area contributed by atoms with E-state index in [4.69, 9.17) is 0 Å². The van der Waals surface area contributed by atoms with Crippen LogP contribution in [0.3, 0.4) is 0 Å². The molecule has 0 unspecified atom stereocenters. The van der Waals surface area contributed by atoms with Crippen molar-refractivity contribution in [3.63, 3.8) is 0 Å². The molecular formula is C30H36N+. The number of aryl methyl sites for hydroxylation is 2. The maximum atomic E-state index is 2.50. The lowest BCUT2D eigenvalue weighted by Crippen LogP contribution is -2.30. The smallest absolute Gasteiger partial charge is 0.201 e. The molecule has 0 saturated heterocycles. The summed E-state index contributed by atoms with van der Waals surface area (Å²) < 4.78 is 2.24. The van der Waals surface area contributed by atoms with E-state index in [1.54, 1.807) is 5.56 Å². The van der Waals surface area contributed by atoms with Crippen molar-refractivity contribution in [3.05, 3.63) is 78.0 Å². The molecule has 2 aromatic carbocycles. The molecule has 31 heavy (non-hydrogen) atoms. The van der Waals surface area contributed by atoms with E-state index < -0.39 is 0 Å². The molecule has 1 heterocycles. The van der Waals surface area contributed by atoms with Crippen LogP contribution < -0.4 is 4.57 Å². The Morgan fingerprint density at radius 3 is 2.13 bits per heavy atom. The van der Waals surface area contributed by atoms with Crippen molar-refractivity contribution in [1.82, 2.24) is 0 Å². The molecule has 3 saturated carbocycles. The molecule has 0 atom stereocenters. The third kappa shape index (κ3) is 4.47. The first-order valence-corrected chi connectivity index (χ1v) is 12.3. The lowest BCUT2D eigenvalue weighted by Gasteiger charge is -2.34. The highest BCUT2D eigenvalue weighted by Crippen LogP contribution is 2.43. The zero-order valence-electron chi connectivity index (χ0n) is 19.2. The number of nitrogens with zero attached hydrogens (tertiary/aromatic N) is 1. The van der Waals surface area contributed by atoms with E-state index in [0.29, 0.717) is 0 Å². The Kier molecular flexibility index (Phi) is 5.94. The van der Waals surface area contributed by atoms with Gasteiger partial charge in [-0.15, -0.1) is 0 Å². The molecule has 2 bridgehead atoms. The summed E-state index contributed by atoms with van der Waals surface area (Å²) in [5.41, 5.74) is 8.17. The number of aromatic nitrogens is 1. The molecule has 0 aliphatic heterocycles. The Morgan fingerprint density at radius 2 is 1.42 bits per heavy atom. The van der Waals surface area contributed by atoms with Crippen LogP contribution in [0.25, 0.3) is 22.4 Å². The molecule has 1 nitrogen and oxygen atoms in total. The van der Waals surface area contributed by atoms with Crippen molar-refractivity contribution in [2.24, 2.45) is 18.9 Å². The van der Waals surface area contributed by atoms with E-state index in [1.165, 1.54) is 79.3 Å². The number of benzene rings is 2. The highest BCUT2D eigenvalue weighted by molar-refractivity contribution is 5.70. The van der Waals surface area contributed by atoms with E-state index in [0.717, 1.165) is 17.8 Å². The first-order chi connectivity index (χ1) is 15.2. The van der Waals surface area contributed by atoms with Gasteiger partial charge in [-0.25, -0.2) is 4.57 Å². The Morgan fingerprint density at radius 1 is 0.742 bits per heavy atom. The predicted molar refractivity (Wildman–Crippen MR) is 130 cm³/mol. The van der Waals surface area contributed by atoms with Crippen LogP contribution in [0.1, 0.15) is 68.4 Å². The summed E-state index contributed by atoms with van der Waals surface area (Å²) in [5.74, 6) is 2.63. The van der Waals surface area contributed by atoms with E-state index in [2.05, 4.69) is 85.4 Å². The summed E-state index contributed by atoms with van der Waals surface area (Å²) in [6.07, 6.45) is 13.8. The third-order valence-corrected chi connectivity index (χ3v) is 7.95. The summed E-state index contributed by atoms with van der Waals surface area (Å²) >= 11 is 0. The number of fused-ring (bicyclic) bond motifs is 6. The minimum absolute atomic E-state index is 0.742. The van der Waals surface area contributed by atoms with Crippen molar-refractivity contribution < 1.29 is 4.57 Å². The van der Waals surface area contributed by atoms with E-state index in [-0.39, 0.29) is 0 Å². The second-order valence-corrected chi connectivity index (χ2v) is 10.1. The molecule has 6 rings (SSSR count). The van der Waals surface area contributed by atoms with Gasteiger partial charge >= 0.3 is 0 Å². The molecule has 1 aromatic heterocycles. The van der Waals surface area contributed by atoms with Crippen LogP contribution >= 0.6 is 0 Å². The SMILES string of the molecule is Cc1ccccc1-c1cc(-c2cccc(C3CC4CCCC(CCC4)C3)c2)cc[n+]1C. The van der Waals surface area contributed by atoms with Gasteiger partial charge in [0.15, 0.2) is 6.20 Å². The fraction of sp³-hybridized carbons (Fsp3) is 0.433. The second kappa shape index (κ2) is 8.99. The fourth-order valence-corrected chi connectivity index (χ4v) is 6.17. The molecule has 0 radical (unpaired) electrons. The van der Waals surface area contributed by atoms with Gasteiger partial charge in [0.2, 0.25) is 5.69 Å². The van der Waals surface area contributed by atoms with Crippen molar-refractivity contribution in [3.8, 4) is 22.4 Å². The number of hydrogen-bond acceptors (Lipinski definition) is 0. The van der Waals surface area contributed by atoms with Crippen LogP contribution in [0.4, 0.5) is 0 Å². The van der Waals surface area contributed by atoms with Crippen LogP contribution in [0.15, 0.2) is 66.9 Å². The molecule has 3 aliphatic rings. The van der Waals surface area contributed by atoms with Crippen LogP contribution in [-0.4, -0.2) is 0 Å². The number of pyridine rings is 1. The molecule has 3 fully saturated rings. The maximum Gasteiger partial charge on any atom is 0.213 e. The van der Waals surface area contributed by atoms with E-state index in [9.17, 15) is 0 Å². The highest BCUT2D eigenvalue weighted by Gasteiger charge is 2.28. The normalized spacial score (nSPS) is 23.7. The Balaban J connectivity index is 1.48. The number of hydrogen-bond donors (Lipinski definition) is 0. The fourth-order valence-electron chi connectivity index (χ4n) is 6.17. The lowest BCUT2D eigenvalue weighted by atomic mass is 9.71. The van der Waals surface area contributed by atoms with Crippen LogP contribution in [0, 0.1) is 18.8 Å². The van der Waals surface area contributed by atoms with Crippen molar-refractivity contribution >= 4 is 0 Å². The zero-order valence-corrected chi connectivity index (χ0v) is 19.2. The van der Waals surface area contributed by atoms with Gasteiger partial charge in [-0.1, -0.05) is 81.0 Å². The predicted octanol–water partition coefficient (Wildman–Crippen LogP) is 7.62. The first kappa shape index (κ1) is 20.5. The number of rotatable bonds is 3. The quantitative estimate of drug-likeness (QED) is 0.391. The van der Waals surface area contributed by atoms with Crippen molar-refractivity contribution in [1.29, 1.82) is 0 Å². The van der Waals surface area contributed by atoms with Gasteiger partial charge in [0, 0.05) is 17.7 Å². The zero-order chi connectivity index (χ0) is 21.2. The van der Waals surface area contributed by atoms with Gasteiger partial charge in [0.1, 0.15) is 7.05 Å². The van der Waals surface area contributed by atoms with Gasteiger partial charge < -0.3 is 0 Å². The standard InChI is InChI=1S/C30H36N/c1-22-8-3-4-15-29(22)30-21-27(16-17-31(30)2)25-13-7-14-26(20-25)28-18-23-9-5-10-24(19-28)12-6-11-23/h3-4,7-8,13-17,20-21,23-24,28H,5-6,9-12,18-19H2,1-2H3/q+1. The monoisotopic (exact) mass is 410 g/mol. The molecular weight excluding hydrogens is 374 g/mol. The van der Waals surface area contributed by atoms with Crippen LogP contribution in [0.2, 0.25) is 0 Å². The highest BCUT2D eigenvalue weighted by atomic mass is 14.9. The van der Waals surface area contributed by atoms with Gasteiger partial charge in [-0.05, 0) is 65.8 Å². The summed E-state index contributed by atoms with van der Waals surface area (Å²) in [4.78, 5) is 0. The Labute approximate surface area is 188 Å². The molecule has 3 aliphatic carbocycles. The van der Waals surface area contributed by atoms with Crippen molar-refractivity contribution in [2.45, 2.75) is 64.2 Å². The van der Waals surface area contributed by atoms with E-state index >= 15 is 0 Å². The van der Waals surface area contributed by atoms with Crippen molar-refractivity contribution in [2.75, 3.05) is 0 Å². The third-order valence-electron chi connectivity index (χ3n) is 7.95. The van der Waals surface area contributed by atoms with Gasteiger partial charge in [-0.2, -0.15) is 0 Å². The van der Waals surface area contributed by atoms with Gasteiger partial charge in [-0.3, -0.25) is 0 Å². The summed E-state index contributed by atoms with van der Waals surface area (Å²) in [7, 11) is 2.15. The lowest BCUT2D eigenvalue weighted by molar-refractivity contribution is -0.660. The maximum absolute atomic E-state index is 2.50.